The standard InChI is InChI=1S/C14H25O2/c1-3-5-11-14(15)16-13(8-4-2)12-9-6-7-10-12/h11-13H,3-10H2,1-2H3. The van der Waals surface area contributed by atoms with Gasteiger partial charge in [0.1, 0.15) is 6.10 Å². The lowest BCUT2D eigenvalue weighted by Gasteiger charge is -2.23. The summed E-state index contributed by atoms with van der Waals surface area (Å²) in [5, 5.41) is 0. The first-order chi connectivity index (χ1) is 7.77. The van der Waals surface area contributed by atoms with Gasteiger partial charge in [0.2, 0.25) is 0 Å². The molecule has 1 atom stereocenters. The number of carbonyl (C=O) groups excluding carboxylic acids is 1. The third kappa shape index (κ3) is 4.54. The summed E-state index contributed by atoms with van der Waals surface area (Å²) in [6.07, 6.45) is 10.9. The van der Waals surface area contributed by atoms with Gasteiger partial charge in [0.15, 0.2) is 0 Å². The lowest BCUT2D eigenvalue weighted by atomic mass is 9.97. The highest BCUT2D eigenvalue weighted by atomic mass is 16.5. The second kappa shape index (κ2) is 7.70. The maximum absolute atomic E-state index is 11.6. The number of rotatable bonds is 7. The summed E-state index contributed by atoms with van der Waals surface area (Å²) >= 11 is 0. The molecule has 0 aromatic carbocycles. The van der Waals surface area contributed by atoms with Crippen molar-refractivity contribution in [3.05, 3.63) is 6.42 Å². The van der Waals surface area contributed by atoms with Gasteiger partial charge in [0.05, 0.1) is 6.42 Å². The molecule has 1 rings (SSSR count). The molecule has 1 aliphatic rings. The van der Waals surface area contributed by atoms with E-state index < -0.39 is 0 Å². The maximum Gasteiger partial charge on any atom is 0.310 e. The normalized spacial score (nSPS) is 18.6. The van der Waals surface area contributed by atoms with Crippen LogP contribution in [0.25, 0.3) is 0 Å². The van der Waals surface area contributed by atoms with Crippen LogP contribution in [0.1, 0.15) is 65.2 Å². The van der Waals surface area contributed by atoms with E-state index in [0.717, 1.165) is 25.7 Å². The number of hydrogen-bond donors (Lipinski definition) is 0. The van der Waals surface area contributed by atoms with Crippen LogP contribution >= 0.6 is 0 Å². The van der Waals surface area contributed by atoms with Gasteiger partial charge in [-0.05, 0) is 31.6 Å². The van der Waals surface area contributed by atoms with E-state index in [4.69, 9.17) is 4.74 Å². The lowest BCUT2D eigenvalue weighted by molar-refractivity contribution is -0.148. The summed E-state index contributed by atoms with van der Waals surface area (Å²) in [6.45, 7) is 4.23. The predicted octanol–water partition coefficient (Wildman–Crippen LogP) is 3.89. The Morgan fingerprint density at radius 1 is 1.31 bits per heavy atom. The third-order valence-corrected chi connectivity index (χ3v) is 3.37. The molecule has 1 radical (unpaired) electrons. The van der Waals surface area contributed by atoms with Crippen molar-refractivity contribution >= 4 is 5.97 Å². The zero-order chi connectivity index (χ0) is 11.8. The molecule has 2 heteroatoms. The van der Waals surface area contributed by atoms with Gasteiger partial charge in [-0.15, -0.1) is 0 Å². The molecule has 1 unspecified atom stereocenters. The van der Waals surface area contributed by atoms with E-state index in [0.29, 0.717) is 5.92 Å². The first-order valence-corrected chi connectivity index (χ1v) is 6.81. The van der Waals surface area contributed by atoms with Crippen LogP contribution in [-0.4, -0.2) is 12.1 Å². The molecular formula is C14H25O2. The highest BCUT2D eigenvalue weighted by Gasteiger charge is 2.27. The van der Waals surface area contributed by atoms with Gasteiger partial charge in [0.25, 0.3) is 0 Å². The fraction of sp³-hybridized carbons (Fsp3) is 0.857. The van der Waals surface area contributed by atoms with Gasteiger partial charge in [-0.2, -0.15) is 0 Å². The fourth-order valence-electron chi connectivity index (χ4n) is 2.46. The number of ether oxygens (including phenoxy) is 1. The largest absolute Gasteiger partial charge is 0.462 e. The van der Waals surface area contributed by atoms with Gasteiger partial charge >= 0.3 is 5.97 Å². The summed E-state index contributed by atoms with van der Waals surface area (Å²) in [5.41, 5.74) is 0. The van der Waals surface area contributed by atoms with Crippen molar-refractivity contribution in [2.45, 2.75) is 71.3 Å². The summed E-state index contributed by atoms with van der Waals surface area (Å²) in [5.74, 6) is 0.520. The molecule has 0 amide bonds. The van der Waals surface area contributed by atoms with Crippen LogP contribution in [0.3, 0.4) is 0 Å². The smallest absolute Gasteiger partial charge is 0.310 e. The van der Waals surface area contributed by atoms with Gasteiger partial charge < -0.3 is 4.74 Å². The van der Waals surface area contributed by atoms with Crippen LogP contribution in [0.4, 0.5) is 0 Å². The first kappa shape index (κ1) is 13.5. The van der Waals surface area contributed by atoms with Crippen LogP contribution < -0.4 is 0 Å². The molecule has 0 aromatic rings. The summed E-state index contributed by atoms with van der Waals surface area (Å²) < 4.78 is 5.58. The monoisotopic (exact) mass is 225 g/mol. The van der Waals surface area contributed by atoms with Gasteiger partial charge in [0, 0.05) is 0 Å². The molecule has 0 bridgehead atoms. The quantitative estimate of drug-likeness (QED) is 0.614. The highest BCUT2D eigenvalue weighted by Crippen LogP contribution is 2.31. The minimum absolute atomic E-state index is 0.104. The van der Waals surface area contributed by atoms with Crippen molar-refractivity contribution in [3.63, 3.8) is 0 Å². The van der Waals surface area contributed by atoms with Gasteiger partial charge in [-0.1, -0.05) is 39.5 Å². The molecule has 0 aromatic heterocycles. The maximum atomic E-state index is 11.6. The summed E-state index contributed by atoms with van der Waals surface area (Å²) in [7, 11) is 0. The van der Waals surface area contributed by atoms with Gasteiger partial charge in [-0.3, -0.25) is 4.79 Å². The second-order valence-corrected chi connectivity index (χ2v) is 4.80. The van der Waals surface area contributed by atoms with Crippen LogP contribution in [-0.2, 0) is 9.53 Å². The summed E-state index contributed by atoms with van der Waals surface area (Å²) in [6, 6.07) is 0. The Kier molecular flexibility index (Phi) is 6.51. The second-order valence-electron chi connectivity index (χ2n) is 4.80. The Balaban J connectivity index is 2.34. The van der Waals surface area contributed by atoms with Crippen molar-refractivity contribution in [1.29, 1.82) is 0 Å². The molecule has 0 spiro atoms. The van der Waals surface area contributed by atoms with Crippen molar-refractivity contribution in [1.82, 2.24) is 0 Å². The Hall–Kier alpha value is -0.530. The summed E-state index contributed by atoms with van der Waals surface area (Å²) in [4.78, 5) is 11.6. The van der Waals surface area contributed by atoms with Gasteiger partial charge in [-0.25, -0.2) is 0 Å². The average Bonchev–Trinajstić information content (AvgIpc) is 2.79. The number of carbonyl (C=O) groups is 1. The van der Waals surface area contributed by atoms with E-state index >= 15 is 0 Å². The van der Waals surface area contributed by atoms with Crippen molar-refractivity contribution in [3.8, 4) is 0 Å². The van der Waals surface area contributed by atoms with E-state index in [-0.39, 0.29) is 12.1 Å². The molecule has 1 saturated carbocycles. The van der Waals surface area contributed by atoms with Crippen molar-refractivity contribution in [2.24, 2.45) is 5.92 Å². The highest BCUT2D eigenvalue weighted by molar-refractivity contribution is 5.78. The molecule has 16 heavy (non-hydrogen) atoms. The van der Waals surface area contributed by atoms with Crippen molar-refractivity contribution in [2.75, 3.05) is 0 Å². The zero-order valence-corrected chi connectivity index (χ0v) is 10.7. The topological polar surface area (TPSA) is 26.3 Å². The molecule has 93 valence electrons. The van der Waals surface area contributed by atoms with E-state index in [9.17, 15) is 4.79 Å². The Morgan fingerprint density at radius 2 is 2.00 bits per heavy atom. The van der Waals surface area contributed by atoms with E-state index in [1.54, 1.807) is 6.42 Å². The van der Waals surface area contributed by atoms with Crippen LogP contribution in [0, 0.1) is 12.3 Å². The van der Waals surface area contributed by atoms with Crippen LogP contribution in [0.2, 0.25) is 0 Å². The first-order valence-electron chi connectivity index (χ1n) is 6.81. The third-order valence-electron chi connectivity index (χ3n) is 3.37. The predicted molar refractivity (Wildman–Crippen MR) is 66.0 cm³/mol. The molecule has 0 N–H and O–H groups in total. The minimum atomic E-state index is -0.104. The fourth-order valence-corrected chi connectivity index (χ4v) is 2.46. The molecule has 2 nitrogen and oxygen atoms in total. The molecule has 1 fully saturated rings. The molecule has 0 aliphatic heterocycles. The lowest BCUT2D eigenvalue weighted by Crippen LogP contribution is -2.25. The zero-order valence-electron chi connectivity index (χ0n) is 10.7. The Bertz CT molecular complexity index is 195. The van der Waals surface area contributed by atoms with E-state index in [1.807, 2.05) is 0 Å². The van der Waals surface area contributed by atoms with Crippen LogP contribution in [0.5, 0.6) is 0 Å². The van der Waals surface area contributed by atoms with Crippen LogP contribution in [0.15, 0.2) is 0 Å². The molecule has 1 aliphatic carbocycles. The Morgan fingerprint density at radius 3 is 2.56 bits per heavy atom. The van der Waals surface area contributed by atoms with Crippen molar-refractivity contribution < 1.29 is 9.53 Å². The Labute approximate surface area is 99.8 Å². The van der Waals surface area contributed by atoms with E-state index in [1.165, 1.54) is 25.7 Å². The average molecular weight is 225 g/mol. The molecular weight excluding hydrogens is 200 g/mol. The molecule has 0 saturated heterocycles. The minimum Gasteiger partial charge on any atom is -0.462 e. The number of hydrogen-bond acceptors (Lipinski definition) is 2. The van der Waals surface area contributed by atoms with E-state index in [2.05, 4.69) is 13.8 Å². The number of unbranched alkanes of at least 4 members (excludes halogenated alkanes) is 1. The SMILES string of the molecule is CCC[CH]C(=O)OC(CCC)C1CCCC1. The molecule has 0 heterocycles. The number of esters is 1.